The molecule has 0 saturated heterocycles. The first-order chi connectivity index (χ1) is 12.2. The molecule has 0 amide bonds. The Bertz CT molecular complexity index is 887. The van der Waals surface area contributed by atoms with E-state index in [9.17, 15) is 18.0 Å². The summed E-state index contributed by atoms with van der Waals surface area (Å²) in [7, 11) is -3.38. The van der Waals surface area contributed by atoms with Crippen LogP contribution in [0.4, 0.5) is 5.69 Å². The molecular weight excluding hydrogens is 354 g/mol. The van der Waals surface area contributed by atoms with E-state index in [1.165, 1.54) is 31.2 Å². The Balaban J connectivity index is 2.03. The van der Waals surface area contributed by atoms with Crippen molar-refractivity contribution in [2.45, 2.75) is 26.4 Å². The van der Waals surface area contributed by atoms with Crippen LogP contribution < -0.4 is 4.72 Å². The first kappa shape index (κ1) is 19.7. The van der Waals surface area contributed by atoms with E-state index >= 15 is 0 Å². The van der Waals surface area contributed by atoms with E-state index in [0.29, 0.717) is 16.8 Å². The quantitative estimate of drug-likeness (QED) is 0.593. The van der Waals surface area contributed by atoms with Gasteiger partial charge < -0.3 is 4.74 Å². The van der Waals surface area contributed by atoms with E-state index in [4.69, 9.17) is 4.74 Å². The van der Waals surface area contributed by atoms with Crippen LogP contribution in [-0.2, 0) is 21.2 Å². The lowest BCUT2D eigenvalue weighted by atomic mass is 10.1. The molecule has 138 valence electrons. The lowest BCUT2D eigenvalue weighted by Gasteiger charge is -2.13. The Morgan fingerprint density at radius 1 is 1.00 bits per heavy atom. The number of ether oxygens (including phenoxy) is 1. The molecule has 0 aliphatic rings. The molecule has 6 nitrogen and oxygen atoms in total. The number of Topliss-reactive ketones (excluding diaryl/α,β-unsaturated/α-hetero) is 1. The van der Waals surface area contributed by atoms with Crippen molar-refractivity contribution in [2.75, 3.05) is 11.0 Å². The number of benzene rings is 2. The van der Waals surface area contributed by atoms with Crippen molar-refractivity contribution in [3.05, 3.63) is 65.2 Å². The minimum Gasteiger partial charge on any atom is -0.451 e. The number of esters is 1. The Morgan fingerprint density at radius 3 is 2.04 bits per heavy atom. The molecule has 1 N–H and O–H groups in total. The van der Waals surface area contributed by atoms with Gasteiger partial charge in [0, 0.05) is 11.3 Å². The molecule has 1 atom stereocenters. The molecule has 2 rings (SSSR count). The second-order valence-corrected chi connectivity index (χ2v) is 7.66. The molecule has 0 bridgehead atoms. The van der Waals surface area contributed by atoms with Crippen molar-refractivity contribution in [3.8, 4) is 0 Å². The van der Waals surface area contributed by atoms with Crippen LogP contribution >= 0.6 is 0 Å². The molecule has 2 aromatic carbocycles. The van der Waals surface area contributed by atoms with E-state index < -0.39 is 22.1 Å². The summed E-state index contributed by atoms with van der Waals surface area (Å²) < 4.78 is 29.9. The number of carbonyl (C=O) groups is 2. The number of hydrogen-bond donors (Lipinski definition) is 1. The molecule has 0 heterocycles. The highest BCUT2D eigenvalue weighted by molar-refractivity contribution is 7.92. The molecule has 0 radical (unpaired) electrons. The Morgan fingerprint density at radius 2 is 1.54 bits per heavy atom. The number of rotatable bonds is 7. The third-order valence-corrected chi connectivity index (χ3v) is 4.33. The summed E-state index contributed by atoms with van der Waals surface area (Å²) in [6.45, 7) is 3.52. The largest absolute Gasteiger partial charge is 0.451 e. The SMILES string of the molecule is CCc1ccc(C(=O)O[C@H](C)C(=O)c2ccc(NS(C)(=O)=O)cc2)cc1. The summed E-state index contributed by atoms with van der Waals surface area (Å²) in [5.74, 6) is -0.932. The van der Waals surface area contributed by atoms with E-state index in [-0.39, 0.29) is 5.78 Å². The number of anilines is 1. The fourth-order valence-corrected chi connectivity index (χ4v) is 2.87. The van der Waals surface area contributed by atoms with Gasteiger partial charge in [0.1, 0.15) is 0 Å². The van der Waals surface area contributed by atoms with Crippen molar-refractivity contribution in [1.29, 1.82) is 0 Å². The smallest absolute Gasteiger partial charge is 0.338 e. The summed E-state index contributed by atoms with van der Waals surface area (Å²) in [4.78, 5) is 24.5. The zero-order valence-corrected chi connectivity index (χ0v) is 15.7. The molecule has 0 saturated carbocycles. The zero-order valence-electron chi connectivity index (χ0n) is 14.9. The van der Waals surface area contributed by atoms with Crippen LogP contribution in [0.25, 0.3) is 0 Å². The van der Waals surface area contributed by atoms with Crippen molar-refractivity contribution < 1.29 is 22.7 Å². The van der Waals surface area contributed by atoms with Crippen molar-refractivity contribution >= 4 is 27.5 Å². The van der Waals surface area contributed by atoms with E-state index in [1.54, 1.807) is 12.1 Å². The number of nitrogens with one attached hydrogen (secondary N) is 1. The number of hydrogen-bond acceptors (Lipinski definition) is 5. The lowest BCUT2D eigenvalue weighted by molar-refractivity contribution is 0.0319. The van der Waals surface area contributed by atoms with E-state index in [1.807, 2.05) is 19.1 Å². The Kier molecular flexibility index (Phi) is 6.15. The standard InChI is InChI=1S/C19H21NO5S/c1-4-14-5-7-16(8-6-14)19(22)25-13(2)18(21)15-9-11-17(12-10-15)20-26(3,23)24/h5-13,20H,4H2,1-3H3/t13-/m1/s1. The van der Waals surface area contributed by atoms with Crippen LogP contribution in [0.3, 0.4) is 0 Å². The van der Waals surface area contributed by atoms with Gasteiger partial charge in [0.05, 0.1) is 11.8 Å². The maximum atomic E-state index is 12.4. The van der Waals surface area contributed by atoms with Crippen LogP contribution in [0.1, 0.15) is 40.1 Å². The van der Waals surface area contributed by atoms with Gasteiger partial charge in [-0.1, -0.05) is 19.1 Å². The molecule has 0 spiro atoms. The van der Waals surface area contributed by atoms with E-state index in [0.717, 1.165) is 18.2 Å². The predicted octanol–water partition coefficient (Wildman–Crippen LogP) is 3.05. The lowest BCUT2D eigenvalue weighted by Crippen LogP contribution is -2.24. The van der Waals surface area contributed by atoms with Crippen molar-refractivity contribution in [3.63, 3.8) is 0 Å². The average molecular weight is 375 g/mol. The summed E-state index contributed by atoms with van der Waals surface area (Å²) >= 11 is 0. The zero-order chi connectivity index (χ0) is 19.3. The van der Waals surface area contributed by atoms with Gasteiger partial charge >= 0.3 is 5.97 Å². The van der Waals surface area contributed by atoms with Crippen LogP contribution in [-0.4, -0.2) is 32.5 Å². The fourth-order valence-electron chi connectivity index (χ4n) is 2.31. The molecule has 2 aromatic rings. The number of aryl methyl sites for hydroxylation is 1. The third-order valence-electron chi connectivity index (χ3n) is 3.72. The average Bonchev–Trinajstić information content (AvgIpc) is 2.60. The van der Waals surface area contributed by atoms with Gasteiger partial charge in [0.25, 0.3) is 0 Å². The van der Waals surface area contributed by atoms with Gasteiger partial charge in [-0.05, 0) is 55.3 Å². The van der Waals surface area contributed by atoms with Crippen LogP contribution in [0.2, 0.25) is 0 Å². The van der Waals surface area contributed by atoms with Gasteiger partial charge in [-0.15, -0.1) is 0 Å². The summed E-state index contributed by atoms with van der Waals surface area (Å²) in [5.41, 5.74) is 2.17. The first-order valence-electron chi connectivity index (χ1n) is 8.11. The third kappa shape index (κ3) is 5.42. The molecule has 0 unspecified atom stereocenters. The molecule has 0 aromatic heterocycles. The maximum Gasteiger partial charge on any atom is 0.338 e. The second kappa shape index (κ2) is 8.14. The molecule has 0 aliphatic heterocycles. The summed E-state index contributed by atoms with van der Waals surface area (Å²) in [6, 6.07) is 13.0. The highest BCUT2D eigenvalue weighted by atomic mass is 32.2. The van der Waals surface area contributed by atoms with Gasteiger partial charge in [-0.2, -0.15) is 0 Å². The highest BCUT2D eigenvalue weighted by Crippen LogP contribution is 2.15. The fraction of sp³-hybridized carbons (Fsp3) is 0.263. The Labute approximate surface area is 153 Å². The number of ketones is 1. The van der Waals surface area contributed by atoms with E-state index in [2.05, 4.69) is 4.72 Å². The van der Waals surface area contributed by atoms with Gasteiger partial charge in [-0.3, -0.25) is 9.52 Å². The molecule has 0 aliphatic carbocycles. The van der Waals surface area contributed by atoms with Crippen LogP contribution in [0.15, 0.2) is 48.5 Å². The van der Waals surface area contributed by atoms with Crippen LogP contribution in [0.5, 0.6) is 0 Å². The minimum absolute atomic E-state index is 0.325. The monoisotopic (exact) mass is 375 g/mol. The van der Waals surface area contributed by atoms with Gasteiger partial charge in [0.2, 0.25) is 15.8 Å². The maximum absolute atomic E-state index is 12.4. The molecule has 0 fully saturated rings. The number of sulfonamides is 1. The topological polar surface area (TPSA) is 89.5 Å². The van der Waals surface area contributed by atoms with Crippen molar-refractivity contribution in [2.24, 2.45) is 0 Å². The Hall–Kier alpha value is -2.67. The molecular formula is C19H21NO5S. The van der Waals surface area contributed by atoms with Crippen LogP contribution in [0, 0.1) is 0 Å². The normalized spacial score (nSPS) is 12.3. The second-order valence-electron chi connectivity index (χ2n) is 5.91. The number of carbonyl (C=O) groups excluding carboxylic acids is 2. The van der Waals surface area contributed by atoms with Gasteiger partial charge in [0.15, 0.2) is 6.10 Å². The predicted molar refractivity (Wildman–Crippen MR) is 99.9 cm³/mol. The van der Waals surface area contributed by atoms with Gasteiger partial charge in [-0.25, -0.2) is 13.2 Å². The summed E-state index contributed by atoms with van der Waals surface area (Å²) in [6.07, 6.45) is 0.955. The molecule has 7 heteroatoms. The highest BCUT2D eigenvalue weighted by Gasteiger charge is 2.20. The molecule has 26 heavy (non-hydrogen) atoms. The summed E-state index contributed by atoms with van der Waals surface area (Å²) in [5, 5.41) is 0. The van der Waals surface area contributed by atoms with Crippen molar-refractivity contribution in [1.82, 2.24) is 0 Å². The minimum atomic E-state index is -3.38. The first-order valence-corrected chi connectivity index (χ1v) is 10.0.